The highest BCUT2D eigenvalue weighted by atomic mass is 35.5. The summed E-state index contributed by atoms with van der Waals surface area (Å²) in [6, 6.07) is 5.34. The third-order valence-electron chi connectivity index (χ3n) is 2.24. The predicted molar refractivity (Wildman–Crippen MR) is 59.6 cm³/mol. The molecule has 1 aromatic carbocycles. The third kappa shape index (κ3) is 2.55. The lowest BCUT2D eigenvalue weighted by atomic mass is 10.0. The lowest BCUT2D eigenvalue weighted by Crippen LogP contribution is -2.30. The fourth-order valence-electron chi connectivity index (χ4n) is 1.49. The predicted octanol–water partition coefficient (Wildman–Crippen LogP) is 3.23. The summed E-state index contributed by atoms with van der Waals surface area (Å²) in [5, 5.41) is 0.318. The van der Waals surface area contributed by atoms with Crippen molar-refractivity contribution >= 4 is 17.3 Å². The van der Waals surface area contributed by atoms with Gasteiger partial charge >= 0.3 is 6.18 Å². The Labute approximate surface area is 101 Å². The van der Waals surface area contributed by atoms with E-state index in [2.05, 4.69) is 10.9 Å². The molecule has 1 aromatic rings. The molecule has 1 aliphatic rings. The molecule has 2 rings (SSSR count). The second-order valence-corrected chi connectivity index (χ2v) is 3.80. The Kier molecular flexibility index (Phi) is 3.02. The van der Waals surface area contributed by atoms with Crippen LogP contribution in [-0.4, -0.2) is 0 Å². The van der Waals surface area contributed by atoms with Gasteiger partial charge in [0.25, 0.3) is 0 Å². The monoisotopic (exact) mass is 260 g/mol. The molecular formula is C11H8ClF3N2. The molecule has 0 saturated heterocycles. The average Bonchev–Trinajstić information content (AvgIpc) is 2.29. The molecule has 1 aliphatic heterocycles. The highest BCUT2D eigenvalue weighted by Gasteiger charge is 2.33. The van der Waals surface area contributed by atoms with Gasteiger partial charge in [-0.1, -0.05) is 29.8 Å². The van der Waals surface area contributed by atoms with Gasteiger partial charge in [-0.3, -0.25) is 10.9 Å². The van der Waals surface area contributed by atoms with E-state index in [4.69, 9.17) is 11.6 Å². The molecule has 0 amide bonds. The molecule has 0 saturated carbocycles. The highest BCUT2D eigenvalue weighted by molar-refractivity contribution is 6.29. The number of nitrogens with one attached hydrogen (secondary N) is 2. The van der Waals surface area contributed by atoms with Gasteiger partial charge in [-0.05, 0) is 18.2 Å². The van der Waals surface area contributed by atoms with Gasteiger partial charge in [0.05, 0.1) is 11.3 Å². The number of hydrogen-bond acceptors (Lipinski definition) is 2. The fraction of sp³-hybridized carbons (Fsp3) is 0.0909. The van der Waals surface area contributed by atoms with Crippen LogP contribution in [0, 0.1) is 0 Å². The van der Waals surface area contributed by atoms with Crippen molar-refractivity contribution in [3.63, 3.8) is 0 Å². The van der Waals surface area contributed by atoms with E-state index in [9.17, 15) is 13.2 Å². The second-order valence-electron chi connectivity index (χ2n) is 3.39. The van der Waals surface area contributed by atoms with Crippen molar-refractivity contribution in [2.24, 2.45) is 0 Å². The van der Waals surface area contributed by atoms with Gasteiger partial charge in [-0.2, -0.15) is 13.2 Å². The van der Waals surface area contributed by atoms with Crippen molar-refractivity contribution in [2.75, 3.05) is 0 Å². The Hall–Kier alpha value is -1.62. The topological polar surface area (TPSA) is 24.1 Å². The molecule has 0 atom stereocenters. The first-order valence-corrected chi connectivity index (χ1v) is 5.12. The van der Waals surface area contributed by atoms with Crippen molar-refractivity contribution < 1.29 is 13.2 Å². The lowest BCUT2D eigenvalue weighted by molar-refractivity contribution is -0.137. The van der Waals surface area contributed by atoms with Crippen LogP contribution in [0.25, 0.3) is 5.70 Å². The summed E-state index contributed by atoms with van der Waals surface area (Å²) >= 11 is 5.62. The van der Waals surface area contributed by atoms with Crippen LogP contribution in [-0.2, 0) is 6.18 Å². The van der Waals surface area contributed by atoms with Crippen molar-refractivity contribution in [1.82, 2.24) is 10.9 Å². The Morgan fingerprint density at radius 3 is 2.29 bits per heavy atom. The first kappa shape index (κ1) is 11.9. The van der Waals surface area contributed by atoms with E-state index in [-0.39, 0.29) is 5.56 Å². The molecule has 0 radical (unpaired) electrons. The molecule has 2 nitrogen and oxygen atoms in total. The zero-order valence-electron chi connectivity index (χ0n) is 8.48. The number of hydrazine groups is 1. The van der Waals surface area contributed by atoms with Crippen LogP contribution in [0.2, 0.25) is 0 Å². The zero-order chi connectivity index (χ0) is 12.5. The fourth-order valence-corrected chi connectivity index (χ4v) is 1.60. The van der Waals surface area contributed by atoms with Crippen LogP contribution in [0.15, 0.2) is 41.6 Å². The molecule has 0 aliphatic carbocycles. The molecule has 90 valence electrons. The van der Waals surface area contributed by atoms with E-state index in [0.717, 1.165) is 6.07 Å². The molecule has 17 heavy (non-hydrogen) atoms. The maximum Gasteiger partial charge on any atom is 0.417 e. The van der Waals surface area contributed by atoms with Gasteiger partial charge in [-0.25, -0.2) is 0 Å². The van der Waals surface area contributed by atoms with E-state index in [1.165, 1.54) is 24.3 Å². The molecule has 6 heteroatoms. The first-order valence-electron chi connectivity index (χ1n) is 4.74. The minimum absolute atomic E-state index is 0.0768. The summed E-state index contributed by atoms with van der Waals surface area (Å²) in [5.41, 5.74) is 4.87. The summed E-state index contributed by atoms with van der Waals surface area (Å²) < 4.78 is 38.3. The van der Waals surface area contributed by atoms with Crippen molar-refractivity contribution in [3.8, 4) is 0 Å². The normalized spacial score (nSPS) is 15.5. The molecule has 2 N–H and O–H groups in total. The van der Waals surface area contributed by atoms with E-state index in [1.807, 2.05) is 0 Å². The van der Waals surface area contributed by atoms with Crippen LogP contribution in [0.1, 0.15) is 11.1 Å². The summed E-state index contributed by atoms with van der Waals surface area (Å²) in [4.78, 5) is 0. The first-order chi connectivity index (χ1) is 7.98. The maximum absolute atomic E-state index is 12.8. The molecular weight excluding hydrogens is 253 g/mol. The minimum Gasteiger partial charge on any atom is -0.300 e. The van der Waals surface area contributed by atoms with E-state index in [0.29, 0.717) is 10.9 Å². The second kappa shape index (κ2) is 4.33. The quantitative estimate of drug-likeness (QED) is 0.758. The average molecular weight is 261 g/mol. The Balaban J connectivity index is 2.46. The largest absolute Gasteiger partial charge is 0.417 e. The van der Waals surface area contributed by atoms with Crippen molar-refractivity contribution in [2.45, 2.75) is 6.18 Å². The number of alkyl halides is 3. The van der Waals surface area contributed by atoms with Gasteiger partial charge in [0.2, 0.25) is 0 Å². The van der Waals surface area contributed by atoms with Gasteiger partial charge < -0.3 is 0 Å². The number of rotatable bonds is 1. The van der Waals surface area contributed by atoms with E-state index < -0.39 is 11.7 Å². The van der Waals surface area contributed by atoms with Crippen molar-refractivity contribution in [3.05, 3.63) is 52.7 Å². The summed E-state index contributed by atoms with van der Waals surface area (Å²) in [6.45, 7) is 0. The number of halogens is 4. The maximum atomic E-state index is 12.8. The van der Waals surface area contributed by atoms with Crippen molar-refractivity contribution in [1.29, 1.82) is 0 Å². The van der Waals surface area contributed by atoms with Gasteiger partial charge in [0, 0.05) is 5.56 Å². The smallest absolute Gasteiger partial charge is 0.300 e. The molecule has 0 fully saturated rings. The molecule has 0 spiro atoms. The van der Waals surface area contributed by atoms with Crippen LogP contribution < -0.4 is 10.9 Å². The zero-order valence-corrected chi connectivity index (χ0v) is 9.23. The summed E-state index contributed by atoms with van der Waals surface area (Å²) in [5.74, 6) is 0. The summed E-state index contributed by atoms with van der Waals surface area (Å²) in [6.07, 6.45) is -1.41. The van der Waals surface area contributed by atoms with E-state index in [1.54, 1.807) is 6.07 Å². The van der Waals surface area contributed by atoms with Crippen LogP contribution in [0.4, 0.5) is 13.2 Å². The van der Waals surface area contributed by atoms with E-state index >= 15 is 0 Å². The van der Waals surface area contributed by atoms with Gasteiger partial charge in [0.1, 0.15) is 5.16 Å². The Bertz CT molecular complexity index is 492. The Morgan fingerprint density at radius 2 is 1.71 bits per heavy atom. The molecule has 0 bridgehead atoms. The number of benzene rings is 1. The van der Waals surface area contributed by atoms with Crippen LogP contribution in [0.5, 0.6) is 0 Å². The standard InChI is InChI=1S/C11H8ClF3N2/c12-10-6-5-9(16-17-10)7-3-1-2-4-8(7)11(13,14)15/h1-6,16-17H. The Morgan fingerprint density at radius 1 is 1.00 bits per heavy atom. The minimum atomic E-state index is -4.38. The number of hydrogen-bond donors (Lipinski definition) is 2. The van der Waals surface area contributed by atoms with Crippen LogP contribution >= 0.6 is 11.6 Å². The molecule has 0 unspecified atom stereocenters. The van der Waals surface area contributed by atoms with Crippen LogP contribution in [0.3, 0.4) is 0 Å². The summed E-state index contributed by atoms with van der Waals surface area (Å²) in [7, 11) is 0. The third-order valence-corrected chi connectivity index (χ3v) is 2.46. The van der Waals surface area contributed by atoms with Gasteiger partial charge in [-0.15, -0.1) is 0 Å². The number of allylic oxidation sites excluding steroid dienone is 2. The molecule has 1 heterocycles. The lowest BCUT2D eigenvalue weighted by Gasteiger charge is -2.19. The highest BCUT2D eigenvalue weighted by Crippen LogP contribution is 2.34. The molecule has 0 aromatic heterocycles. The van der Waals surface area contributed by atoms with Gasteiger partial charge in [0.15, 0.2) is 0 Å². The SMILES string of the molecule is FC(F)(F)c1ccccc1C1=CC=C(Cl)NN1.